The minimum atomic E-state index is 0.114. The molecule has 0 aliphatic heterocycles. The maximum Gasteiger partial charge on any atom is 0.195 e. The maximum atomic E-state index is 12.4. The Morgan fingerprint density at radius 2 is 1.72 bits per heavy atom. The topological polar surface area (TPSA) is 30.0 Å². The van der Waals surface area contributed by atoms with Gasteiger partial charge in [0.1, 0.15) is 0 Å². The average Bonchev–Trinajstić information content (AvgIpc) is 2.78. The molecule has 0 amide bonds. The molecular formula is C16H9NO. The predicted molar refractivity (Wildman–Crippen MR) is 69.7 cm³/mol. The van der Waals surface area contributed by atoms with E-state index < -0.39 is 0 Å². The quantitative estimate of drug-likeness (QED) is 0.464. The van der Waals surface area contributed by atoms with E-state index in [4.69, 9.17) is 0 Å². The molecule has 0 spiro atoms. The molecule has 2 nitrogen and oxygen atoms in total. The first-order valence-electron chi connectivity index (χ1n) is 5.87. The van der Waals surface area contributed by atoms with E-state index in [-0.39, 0.29) is 5.78 Å². The zero-order chi connectivity index (χ0) is 12.1. The molecular weight excluding hydrogens is 222 g/mol. The molecule has 0 radical (unpaired) electrons. The van der Waals surface area contributed by atoms with Crippen LogP contribution >= 0.6 is 0 Å². The highest BCUT2D eigenvalue weighted by atomic mass is 16.1. The van der Waals surface area contributed by atoms with E-state index in [0.717, 1.165) is 33.4 Å². The highest BCUT2D eigenvalue weighted by molar-refractivity contribution is 6.25. The number of carbonyl (C=O) groups is 1. The van der Waals surface area contributed by atoms with E-state index in [0.29, 0.717) is 0 Å². The van der Waals surface area contributed by atoms with Crippen LogP contribution in [-0.4, -0.2) is 10.8 Å². The summed E-state index contributed by atoms with van der Waals surface area (Å²) in [7, 11) is 0. The number of nitrogens with zero attached hydrogens (tertiary/aromatic N) is 1. The molecule has 0 atom stereocenters. The first-order valence-corrected chi connectivity index (χ1v) is 5.87. The van der Waals surface area contributed by atoms with Crippen LogP contribution in [0.5, 0.6) is 0 Å². The Hall–Kier alpha value is -2.48. The summed E-state index contributed by atoms with van der Waals surface area (Å²) in [4.78, 5) is 16.6. The molecule has 4 rings (SSSR count). The molecule has 84 valence electrons. The number of fused-ring (bicyclic) bond motifs is 5. The van der Waals surface area contributed by atoms with Gasteiger partial charge in [-0.2, -0.15) is 0 Å². The number of ketones is 1. The van der Waals surface area contributed by atoms with Crippen LogP contribution in [0.25, 0.3) is 22.3 Å². The van der Waals surface area contributed by atoms with Crippen LogP contribution in [-0.2, 0) is 0 Å². The fraction of sp³-hybridized carbons (Fsp3) is 0. The average molecular weight is 231 g/mol. The van der Waals surface area contributed by atoms with Crippen molar-refractivity contribution in [2.24, 2.45) is 0 Å². The van der Waals surface area contributed by atoms with Gasteiger partial charge in [0.25, 0.3) is 0 Å². The van der Waals surface area contributed by atoms with E-state index in [1.54, 1.807) is 18.5 Å². The van der Waals surface area contributed by atoms with Crippen molar-refractivity contribution in [2.45, 2.75) is 0 Å². The molecule has 3 aliphatic carbocycles. The fourth-order valence-corrected chi connectivity index (χ4v) is 2.69. The van der Waals surface area contributed by atoms with Crippen molar-refractivity contribution < 1.29 is 4.79 Å². The van der Waals surface area contributed by atoms with Crippen LogP contribution < -0.4 is 0 Å². The van der Waals surface area contributed by atoms with Gasteiger partial charge in [-0.05, 0) is 28.8 Å². The zero-order valence-electron chi connectivity index (χ0n) is 9.55. The number of carbonyl (C=O) groups excluding carboxylic acids is 1. The second-order valence-electron chi connectivity index (χ2n) is 4.46. The number of aromatic nitrogens is 1. The van der Waals surface area contributed by atoms with Crippen LogP contribution in [0.3, 0.4) is 0 Å². The molecule has 0 bridgehead atoms. The third-order valence-corrected chi connectivity index (χ3v) is 3.49. The van der Waals surface area contributed by atoms with Crippen LogP contribution in [0.4, 0.5) is 0 Å². The van der Waals surface area contributed by atoms with Gasteiger partial charge in [0.15, 0.2) is 5.78 Å². The summed E-state index contributed by atoms with van der Waals surface area (Å²) < 4.78 is 0. The number of rotatable bonds is 0. The van der Waals surface area contributed by atoms with Gasteiger partial charge in [-0.3, -0.25) is 9.78 Å². The highest BCUT2D eigenvalue weighted by Crippen LogP contribution is 2.44. The Kier molecular flexibility index (Phi) is 1.73. The molecule has 18 heavy (non-hydrogen) atoms. The Morgan fingerprint density at radius 1 is 0.833 bits per heavy atom. The van der Waals surface area contributed by atoms with Gasteiger partial charge in [-0.15, -0.1) is 0 Å². The lowest BCUT2D eigenvalue weighted by Gasteiger charge is -1.98. The summed E-state index contributed by atoms with van der Waals surface area (Å²) in [5.74, 6) is 0.114. The van der Waals surface area contributed by atoms with Gasteiger partial charge < -0.3 is 0 Å². The normalized spacial score (nSPS) is 12.6. The van der Waals surface area contributed by atoms with Crippen LogP contribution in [0, 0.1) is 0 Å². The van der Waals surface area contributed by atoms with Gasteiger partial charge in [-0.25, -0.2) is 0 Å². The van der Waals surface area contributed by atoms with E-state index in [9.17, 15) is 4.79 Å². The lowest BCUT2D eigenvalue weighted by atomic mass is 10.1. The van der Waals surface area contributed by atoms with Gasteiger partial charge in [0.05, 0.1) is 0 Å². The predicted octanol–water partition coefficient (Wildman–Crippen LogP) is 3.40. The van der Waals surface area contributed by atoms with Gasteiger partial charge in [0.2, 0.25) is 0 Å². The summed E-state index contributed by atoms with van der Waals surface area (Å²) in [5.41, 5.74) is 5.69. The number of hydrogen-bond acceptors (Lipinski definition) is 2. The molecule has 1 heterocycles. The molecule has 0 saturated carbocycles. The van der Waals surface area contributed by atoms with Crippen molar-refractivity contribution in [2.75, 3.05) is 0 Å². The van der Waals surface area contributed by atoms with Crippen LogP contribution in [0.2, 0.25) is 0 Å². The monoisotopic (exact) mass is 231 g/mol. The third-order valence-electron chi connectivity index (χ3n) is 3.49. The van der Waals surface area contributed by atoms with E-state index >= 15 is 0 Å². The minimum absolute atomic E-state index is 0.114. The molecule has 0 N–H and O–H groups in total. The molecule has 0 aromatic carbocycles. The molecule has 3 aliphatic rings. The summed E-state index contributed by atoms with van der Waals surface area (Å²) in [6.45, 7) is 0. The van der Waals surface area contributed by atoms with Crippen molar-refractivity contribution in [1.29, 1.82) is 0 Å². The fourth-order valence-electron chi connectivity index (χ4n) is 2.69. The lowest BCUT2D eigenvalue weighted by Crippen LogP contribution is -1.95. The van der Waals surface area contributed by atoms with E-state index in [2.05, 4.69) is 11.1 Å². The molecule has 1 aromatic rings. The largest absolute Gasteiger partial charge is 0.289 e. The second-order valence-corrected chi connectivity index (χ2v) is 4.46. The molecule has 0 fully saturated rings. The summed E-state index contributed by atoms with van der Waals surface area (Å²) in [6.07, 6.45) is 3.45. The number of pyridine rings is 1. The SMILES string of the molecule is O=C1c2ccncc2-c2cc3cccccc-3c21. The Labute approximate surface area is 104 Å². The Balaban J connectivity index is 2.14. The lowest BCUT2D eigenvalue weighted by molar-refractivity contribution is 0.104. The minimum Gasteiger partial charge on any atom is -0.289 e. The summed E-state index contributed by atoms with van der Waals surface area (Å²) in [6, 6.07) is 13.9. The van der Waals surface area contributed by atoms with Crippen molar-refractivity contribution in [3.8, 4) is 22.3 Å². The van der Waals surface area contributed by atoms with E-state index in [1.807, 2.05) is 30.3 Å². The van der Waals surface area contributed by atoms with Crippen LogP contribution in [0.1, 0.15) is 15.9 Å². The number of hydrogen-bond donors (Lipinski definition) is 0. The van der Waals surface area contributed by atoms with Crippen molar-refractivity contribution in [1.82, 2.24) is 4.98 Å². The Morgan fingerprint density at radius 3 is 2.67 bits per heavy atom. The van der Waals surface area contributed by atoms with Crippen LogP contribution in [0.15, 0.2) is 54.9 Å². The first kappa shape index (κ1) is 9.54. The van der Waals surface area contributed by atoms with Gasteiger partial charge in [0, 0.05) is 29.1 Å². The van der Waals surface area contributed by atoms with Gasteiger partial charge in [-0.1, -0.05) is 30.3 Å². The smallest absolute Gasteiger partial charge is 0.195 e. The molecule has 1 aromatic heterocycles. The standard InChI is InChI=1S/C16H9NO/c18-16-12-6-7-17-9-14(12)13-8-10-4-2-1-3-5-11(10)15(13)16/h1-9H. The molecule has 2 heteroatoms. The van der Waals surface area contributed by atoms with Crippen molar-refractivity contribution in [3.05, 3.63) is 66.0 Å². The Bertz CT molecular complexity index is 761. The summed E-state index contributed by atoms with van der Waals surface area (Å²) >= 11 is 0. The van der Waals surface area contributed by atoms with Crippen molar-refractivity contribution >= 4 is 5.78 Å². The highest BCUT2D eigenvalue weighted by Gasteiger charge is 2.31. The first-order chi connectivity index (χ1) is 8.86. The summed E-state index contributed by atoms with van der Waals surface area (Å²) in [5, 5.41) is 0. The zero-order valence-corrected chi connectivity index (χ0v) is 9.55. The van der Waals surface area contributed by atoms with Crippen molar-refractivity contribution in [3.63, 3.8) is 0 Å². The molecule has 0 unspecified atom stereocenters. The van der Waals surface area contributed by atoms with E-state index in [1.165, 1.54) is 0 Å². The van der Waals surface area contributed by atoms with Gasteiger partial charge >= 0.3 is 0 Å². The third kappa shape index (κ3) is 1.07. The second kappa shape index (κ2) is 3.26. The maximum absolute atomic E-state index is 12.4. The molecule has 0 saturated heterocycles.